The highest BCUT2D eigenvalue weighted by atomic mass is 16.3. The second-order valence-electron chi connectivity index (χ2n) is 14.4. The van der Waals surface area contributed by atoms with E-state index in [1.54, 1.807) is 0 Å². The van der Waals surface area contributed by atoms with Gasteiger partial charge in [0, 0.05) is 27.5 Å². The highest BCUT2D eigenvalue weighted by Gasteiger charge is 2.20. The van der Waals surface area contributed by atoms with E-state index in [-0.39, 0.29) is 0 Å². The molecule has 0 spiro atoms. The normalized spacial score (nSPS) is 11.6. The first-order valence-corrected chi connectivity index (χ1v) is 19.2. The van der Waals surface area contributed by atoms with E-state index in [2.05, 4.69) is 211 Å². The maximum absolute atomic E-state index is 6.69. The van der Waals surface area contributed by atoms with Crippen molar-refractivity contribution in [3.8, 4) is 33.4 Å². The van der Waals surface area contributed by atoms with Gasteiger partial charge in [-0.1, -0.05) is 164 Å². The van der Waals surface area contributed by atoms with Crippen LogP contribution in [-0.2, 0) is 0 Å². The van der Waals surface area contributed by atoms with Gasteiger partial charge in [-0.2, -0.15) is 0 Å². The zero-order valence-corrected chi connectivity index (χ0v) is 30.6. The zero-order chi connectivity index (χ0) is 37.0. The number of furan rings is 1. The van der Waals surface area contributed by atoms with Gasteiger partial charge in [-0.15, -0.1) is 0 Å². The standard InChI is InChI=1S/C54H35NO/c1-2-13-36(14-3-1)43-17-6-7-18-44(43)37-25-30-41(31-26-37)55(51-23-12-16-39-29-34-49-48-22-10-11-24-52(48)56-54(49)53(39)51)42-32-27-38(28-33-42)50-35-40-15-4-5-19-45(40)46-20-8-9-21-47(46)50/h1-35H. The summed E-state index contributed by atoms with van der Waals surface area (Å²) in [5, 5.41) is 9.50. The molecule has 0 aliphatic carbocycles. The molecule has 0 N–H and O–H groups in total. The molecule has 0 aliphatic rings. The third-order valence-corrected chi connectivity index (χ3v) is 11.3. The second kappa shape index (κ2) is 13.2. The molecule has 11 aromatic rings. The molecule has 1 heterocycles. The van der Waals surface area contributed by atoms with Crippen molar-refractivity contribution in [1.29, 1.82) is 0 Å². The van der Waals surface area contributed by atoms with Gasteiger partial charge in [0.25, 0.3) is 0 Å². The summed E-state index contributed by atoms with van der Waals surface area (Å²) in [5.41, 5.74) is 12.2. The van der Waals surface area contributed by atoms with E-state index in [1.165, 1.54) is 54.9 Å². The van der Waals surface area contributed by atoms with Crippen molar-refractivity contribution in [3.63, 3.8) is 0 Å². The summed E-state index contributed by atoms with van der Waals surface area (Å²) in [4.78, 5) is 2.38. The Hall–Kier alpha value is -7.42. The van der Waals surface area contributed by atoms with Crippen LogP contribution in [0.15, 0.2) is 217 Å². The van der Waals surface area contributed by atoms with Crippen LogP contribution in [0.1, 0.15) is 0 Å². The van der Waals surface area contributed by atoms with Crippen LogP contribution in [0.25, 0.3) is 87.6 Å². The van der Waals surface area contributed by atoms with Crippen LogP contribution in [0.4, 0.5) is 17.1 Å². The van der Waals surface area contributed by atoms with Crippen molar-refractivity contribution < 1.29 is 4.42 Å². The van der Waals surface area contributed by atoms with Gasteiger partial charge in [0.1, 0.15) is 11.2 Å². The molecule has 2 nitrogen and oxygen atoms in total. The molecule has 0 radical (unpaired) electrons. The predicted molar refractivity (Wildman–Crippen MR) is 237 cm³/mol. The van der Waals surface area contributed by atoms with Crippen molar-refractivity contribution in [1.82, 2.24) is 0 Å². The van der Waals surface area contributed by atoms with Gasteiger partial charge in [-0.05, 0) is 109 Å². The number of hydrogen-bond donors (Lipinski definition) is 0. The van der Waals surface area contributed by atoms with Gasteiger partial charge in [0.15, 0.2) is 0 Å². The van der Waals surface area contributed by atoms with Crippen LogP contribution >= 0.6 is 0 Å². The van der Waals surface area contributed by atoms with Crippen molar-refractivity contribution in [2.45, 2.75) is 0 Å². The molecule has 10 aromatic carbocycles. The average Bonchev–Trinajstić information content (AvgIpc) is 3.66. The first-order valence-electron chi connectivity index (χ1n) is 19.2. The fourth-order valence-electron chi connectivity index (χ4n) is 8.62. The number of nitrogens with zero attached hydrogens (tertiary/aromatic N) is 1. The Balaban J connectivity index is 1.10. The van der Waals surface area contributed by atoms with Gasteiger partial charge in [0.05, 0.1) is 5.69 Å². The Morgan fingerprint density at radius 3 is 1.61 bits per heavy atom. The molecule has 0 atom stereocenters. The summed E-state index contributed by atoms with van der Waals surface area (Å²) in [5.74, 6) is 0. The molecule has 56 heavy (non-hydrogen) atoms. The van der Waals surface area contributed by atoms with Crippen LogP contribution in [0.3, 0.4) is 0 Å². The van der Waals surface area contributed by atoms with E-state index < -0.39 is 0 Å². The summed E-state index contributed by atoms with van der Waals surface area (Å²) in [6, 6.07) is 76.4. The Morgan fingerprint density at radius 2 is 0.875 bits per heavy atom. The first-order chi connectivity index (χ1) is 27.8. The summed E-state index contributed by atoms with van der Waals surface area (Å²) in [6.45, 7) is 0. The number of benzene rings is 10. The molecular weight excluding hydrogens is 679 g/mol. The summed E-state index contributed by atoms with van der Waals surface area (Å²) >= 11 is 0. The van der Waals surface area contributed by atoms with E-state index in [9.17, 15) is 0 Å². The largest absolute Gasteiger partial charge is 0.455 e. The van der Waals surface area contributed by atoms with Gasteiger partial charge in [0.2, 0.25) is 0 Å². The van der Waals surface area contributed by atoms with E-state index in [4.69, 9.17) is 4.42 Å². The number of anilines is 3. The average molecular weight is 714 g/mol. The lowest BCUT2D eigenvalue weighted by Gasteiger charge is -2.27. The quantitative estimate of drug-likeness (QED) is 0.160. The van der Waals surface area contributed by atoms with E-state index in [0.717, 1.165) is 49.8 Å². The highest BCUT2D eigenvalue weighted by Crippen LogP contribution is 2.45. The lowest BCUT2D eigenvalue weighted by molar-refractivity contribution is 0.672. The molecule has 0 bridgehead atoms. The van der Waals surface area contributed by atoms with Crippen LogP contribution in [-0.4, -0.2) is 0 Å². The predicted octanol–water partition coefficient (Wildman–Crippen LogP) is 15.5. The first kappa shape index (κ1) is 32.0. The molecule has 262 valence electrons. The maximum atomic E-state index is 6.69. The minimum absolute atomic E-state index is 0.893. The van der Waals surface area contributed by atoms with Gasteiger partial charge in [-0.3, -0.25) is 0 Å². The smallest absolute Gasteiger partial charge is 0.145 e. The van der Waals surface area contributed by atoms with Crippen LogP contribution in [0.5, 0.6) is 0 Å². The van der Waals surface area contributed by atoms with Crippen molar-refractivity contribution in [3.05, 3.63) is 212 Å². The molecule has 0 amide bonds. The van der Waals surface area contributed by atoms with Crippen molar-refractivity contribution in [2.24, 2.45) is 0 Å². The molecule has 0 aliphatic heterocycles. The molecular formula is C54H35NO. The SMILES string of the molecule is c1ccc(-c2ccccc2-c2ccc(N(c3ccc(-c4cc5ccccc5c5ccccc45)cc3)c3cccc4ccc5c6ccccc6oc5c34)cc2)cc1. The van der Waals surface area contributed by atoms with Gasteiger partial charge >= 0.3 is 0 Å². The third-order valence-electron chi connectivity index (χ3n) is 11.3. The lowest BCUT2D eigenvalue weighted by Crippen LogP contribution is -2.10. The van der Waals surface area contributed by atoms with Gasteiger partial charge in [-0.25, -0.2) is 0 Å². The van der Waals surface area contributed by atoms with Crippen molar-refractivity contribution in [2.75, 3.05) is 4.90 Å². The zero-order valence-electron chi connectivity index (χ0n) is 30.6. The highest BCUT2D eigenvalue weighted by molar-refractivity contribution is 6.19. The van der Waals surface area contributed by atoms with Crippen LogP contribution < -0.4 is 4.90 Å². The third kappa shape index (κ3) is 5.26. The lowest BCUT2D eigenvalue weighted by atomic mass is 9.93. The fraction of sp³-hybridized carbons (Fsp3) is 0. The Kier molecular flexibility index (Phi) is 7.53. The summed E-state index contributed by atoms with van der Waals surface area (Å²) in [6.07, 6.45) is 0. The van der Waals surface area contributed by atoms with Crippen LogP contribution in [0.2, 0.25) is 0 Å². The topological polar surface area (TPSA) is 16.4 Å². The van der Waals surface area contributed by atoms with E-state index in [1.807, 2.05) is 6.07 Å². The molecule has 2 heteroatoms. The van der Waals surface area contributed by atoms with Gasteiger partial charge < -0.3 is 9.32 Å². The molecule has 0 unspecified atom stereocenters. The maximum Gasteiger partial charge on any atom is 0.145 e. The monoisotopic (exact) mass is 713 g/mol. The number of fused-ring (bicyclic) bond motifs is 8. The Bertz CT molecular complexity index is 3230. The van der Waals surface area contributed by atoms with E-state index >= 15 is 0 Å². The Labute approximate surface area is 325 Å². The number of hydrogen-bond acceptors (Lipinski definition) is 2. The summed E-state index contributed by atoms with van der Waals surface area (Å²) < 4.78 is 6.69. The summed E-state index contributed by atoms with van der Waals surface area (Å²) in [7, 11) is 0. The van der Waals surface area contributed by atoms with Crippen LogP contribution in [0, 0.1) is 0 Å². The molecule has 0 fully saturated rings. The Morgan fingerprint density at radius 1 is 0.321 bits per heavy atom. The molecule has 0 saturated carbocycles. The second-order valence-corrected chi connectivity index (χ2v) is 14.4. The number of para-hydroxylation sites is 1. The molecule has 11 rings (SSSR count). The molecule has 1 aromatic heterocycles. The minimum atomic E-state index is 0.893. The van der Waals surface area contributed by atoms with Crippen molar-refractivity contribution >= 4 is 71.3 Å². The minimum Gasteiger partial charge on any atom is -0.455 e. The fourth-order valence-corrected chi connectivity index (χ4v) is 8.62. The molecule has 0 saturated heterocycles. The van der Waals surface area contributed by atoms with E-state index in [0.29, 0.717) is 0 Å². The number of rotatable bonds is 6.